The van der Waals surface area contributed by atoms with Crippen molar-refractivity contribution in [2.24, 2.45) is 5.92 Å². The van der Waals surface area contributed by atoms with Gasteiger partial charge in [-0.3, -0.25) is 14.6 Å². The third kappa shape index (κ3) is 5.07. The Morgan fingerprint density at radius 2 is 2.06 bits per heavy atom. The molecule has 5 rings (SSSR count). The Labute approximate surface area is 205 Å². The monoisotopic (exact) mass is 491 g/mol. The lowest BCUT2D eigenvalue weighted by Crippen LogP contribution is -2.44. The van der Waals surface area contributed by atoms with Crippen LogP contribution in [0.2, 0.25) is 0 Å². The van der Waals surface area contributed by atoms with Crippen molar-refractivity contribution < 1.29 is 13.5 Å². The van der Waals surface area contributed by atoms with E-state index in [0.29, 0.717) is 35.6 Å². The Balaban J connectivity index is 0.000000308. The quantitative estimate of drug-likeness (QED) is 0.423. The van der Waals surface area contributed by atoms with Crippen LogP contribution in [-0.4, -0.2) is 55.3 Å². The summed E-state index contributed by atoms with van der Waals surface area (Å²) in [4.78, 5) is 37.3. The summed E-state index contributed by atoms with van der Waals surface area (Å²) in [6, 6.07) is 11.8. The fraction of sp³-hybridized carbons (Fsp3) is 0.250. The predicted molar refractivity (Wildman–Crippen MR) is 132 cm³/mol. The smallest absolute Gasteiger partial charge is 0.255 e. The molecule has 0 spiro atoms. The van der Waals surface area contributed by atoms with Gasteiger partial charge >= 0.3 is 0 Å². The van der Waals surface area contributed by atoms with E-state index in [1.165, 1.54) is 10.2 Å². The first-order chi connectivity index (χ1) is 16.9. The number of likely N-dealkylation sites (tertiary alicyclic amines) is 1. The number of benzene rings is 1. The van der Waals surface area contributed by atoms with Crippen LogP contribution < -0.4 is 5.32 Å². The number of carbonyl (C=O) groups is 2. The zero-order valence-electron chi connectivity index (χ0n) is 19.1. The lowest BCUT2D eigenvalue weighted by atomic mass is 10.0. The SMILES string of the molecule is CC(C)NC(=O)c1cn(SF)c2ncc(-c3nccc4ccccc34)nc12.N#CC1CN(C=O)C1. The molecular formula is C24H22FN7O2S. The second-order valence-corrected chi connectivity index (χ2v) is 8.79. The van der Waals surface area contributed by atoms with Crippen molar-refractivity contribution in [3.63, 3.8) is 0 Å². The summed E-state index contributed by atoms with van der Waals surface area (Å²) < 4.78 is 14.5. The van der Waals surface area contributed by atoms with Crippen LogP contribution in [0.5, 0.6) is 0 Å². The Bertz CT molecular complexity index is 1420. The fourth-order valence-corrected chi connectivity index (χ4v) is 3.99. The van der Waals surface area contributed by atoms with Gasteiger partial charge in [0.15, 0.2) is 18.0 Å². The molecule has 0 saturated carbocycles. The lowest BCUT2D eigenvalue weighted by molar-refractivity contribution is -0.122. The molecule has 1 fully saturated rings. The molecule has 9 nitrogen and oxygen atoms in total. The van der Waals surface area contributed by atoms with Gasteiger partial charge in [-0.05, 0) is 25.3 Å². The molecule has 0 atom stereocenters. The molecule has 4 heterocycles. The first-order valence-electron chi connectivity index (χ1n) is 10.9. The summed E-state index contributed by atoms with van der Waals surface area (Å²) in [6.45, 7) is 4.97. The molecule has 2 amide bonds. The summed E-state index contributed by atoms with van der Waals surface area (Å²) in [5.41, 5.74) is 2.10. The molecular weight excluding hydrogens is 469 g/mol. The third-order valence-electron chi connectivity index (χ3n) is 5.36. The van der Waals surface area contributed by atoms with Crippen molar-refractivity contribution in [2.75, 3.05) is 13.1 Å². The molecule has 1 aliphatic heterocycles. The highest BCUT2D eigenvalue weighted by Crippen LogP contribution is 2.28. The highest BCUT2D eigenvalue weighted by molar-refractivity contribution is 7.92. The maximum Gasteiger partial charge on any atom is 0.255 e. The maximum absolute atomic E-state index is 13.3. The van der Waals surface area contributed by atoms with Crippen molar-refractivity contribution in [3.05, 3.63) is 54.5 Å². The number of hydrogen-bond acceptors (Lipinski definition) is 7. The Morgan fingerprint density at radius 3 is 2.74 bits per heavy atom. The van der Waals surface area contributed by atoms with Gasteiger partial charge in [0.25, 0.3) is 5.91 Å². The summed E-state index contributed by atoms with van der Waals surface area (Å²) >= 11 is -0.0218. The van der Waals surface area contributed by atoms with E-state index in [1.807, 2.05) is 44.2 Å². The summed E-state index contributed by atoms with van der Waals surface area (Å²) in [7, 11) is 0. The Morgan fingerprint density at radius 1 is 1.29 bits per heavy atom. The van der Waals surface area contributed by atoms with Gasteiger partial charge in [-0.1, -0.05) is 24.3 Å². The molecule has 0 radical (unpaired) electrons. The van der Waals surface area contributed by atoms with Gasteiger partial charge in [0, 0.05) is 36.9 Å². The van der Waals surface area contributed by atoms with Crippen molar-refractivity contribution >= 4 is 46.6 Å². The van der Waals surface area contributed by atoms with Crippen molar-refractivity contribution in [3.8, 4) is 17.5 Å². The fourth-order valence-electron chi connectivity index (χ4n) is 3.64. The molecule has 0 unspecified atom stereocenters. The molecule has 0 aliphatic carbocycles. The molecule has 3 aromatic heterocycles. The molecule has 178 valence electrons. The number of aromatic nitrogens is 4. The predicted octanol–water partition coefficient (Wildman–Crippen LogP) is 3.76. The average Bonchev–Trinajstić information content (AvgIpc) is 3.21. The standard InChI is InChI=1S/C19H16FN5OS.C5H6N2O/c1-11(2)23-19(26)14-10-25(27-20)18-17(14)24-15(9-22-18)16-13-6-4-3-5-12(13)7-8-21-16;6-1-5-2-7(3-5)4-8/h3-11H,1-2H3,(H,23,26);4-5H,2-3H2. The van der Waals surface area contributed by atoms with Gasteiger partial charge in [-0.15, -0.1) is 3.89 Å². The van der Waals surface area contributed by atoms with Gasteiger partial charge in [0.1, 0.15) is 11.2 Å². The number of nitrogens with one attached hydrogen (secondary N) is 1. The number of amides is 2. The molecule has 11 heteroatoms. The number of rotatable bonds is 5. The van der Waals surface area contributed by atoms with Crippen LogP contribution in [-0.2, 0) is 4.79 Å². The van der Waals surface area contributed by atoms with Gasteiger partial charge < -0.3 is 10.2 Å². The van der Waals surface area contributed by atoms with Crippen LogP contribution in [0, 0.1) is 17.2 Å². The van der Waals surface area contributed by atoms with Crippen LogP contribution in [0.3, 0.4) is 0 Å². The average molecular weight is 492 g/mol. The van der Waals surface area contributed by atoms with Crippen molar-refractivity contribution in [2.45, 2.75) is 19.9 Å². The number of halogens is 1. The number of carbonyl (C=O) groups excluding carboxylic acids is 2. The number of pyridine rings is 1. The highest BCUT2D eigenvalue weighted by atomic mass is 32.2. The molecule has 1 aliphatic rings. The molecule has 1 saturated heterocycles. The third-order valence-corrected chi connectivity index (χ3v) is 5.79. The maximum atomic E-state index is 13.3. The Kier molecular flexibility index (Phi) is 7.22. The van der Waals surface area contributed by atoms with E-state index < -0.39 is 0 Å². The van der Waals surface area contributed by atoms with E-state index in [0.717, 1.165) is 17.2 Å². The van der Waals surface area contributed by atoms with Crippen LogP contribution >= 0.6 is 12.3 Å². The van der Waals surface area contributed by atoms with E-state index in [4.69, 9.17) is 5.26 Å². The molecule has 1 aromatic carbocycles. The minimum Gasteiger partial charge on any atom is -0.350 e. The van der Waals surface area contributed by atoms with Crippen LogP contribution in [0.25, 0.3) is 33.3 Å². The van der Waals surface area contributed by atoms with Crippen LogP contribution in [0.4, 0.5) is 3.89 Å². The normalized spacial score (nSPS) is 13.2. The zero-order chi connectivity index (χ0) is 24.9. The van der Waals surface area contributed by atoms with Crippen LogP contribution in [0.15, 0.2) is 48.9 Å². The number of nitrogens with zero attached hydrogens (tertiary/aromatic N) is 6. The first-order valence-corrected chi connectivity index (χ1v) is 11.5. The summed E-state index contributed by atoms with van der Waals surface area (Å²) in [5.74, 6) is -0.222. The van der Waals surface area contributed by atoms with Crippen molar-refractivity contribution in [1.82, 2.24) is 29.1 Å². The molecule has 0 bridgehead atoms. The lowest BCUT2D eigenvalue weighted by Gasteiger charge is -2.31. The highest BCUT2D eigenvalue weighted by Gasteiger charge is 2.24. The Hall–Kier alpha value is -4.04. The zero-order valence-corrected chi connectivity index (χ0v) is 19.9. The molecule has 35 heavy (non-hydrogen) atoms. The van der Waals surface area contributed by atoms with Gasteiger partial charge in [0.05, 0.1) is 29.4 Å². The van der Waals surface area contributed by atoms with Crippen molar-refractivity contribution in [1.29, 1.82) is 5.26 Å². The number of nitriles is 1. The topological polar surface area (TPSA) is 117 Å². The van der Waals surface area contributed by atoms with E-state index in [2.05, 4.69) is 26.3 Å². The second-order valence-electron chi connectivity index (χ2n) is 8.26. The first kappa shape index (κ1) is 24.1. The van der Waals surface area contributed by atoms with E-state index in [-0.39, 0.29) is 35.8 Å². The number of hydrogen-bond donors (Lipinski definition) is 1. The second kappa shape index (κ2) is 10.5. The minimum absolute atomic E-state index is 0.0218. The van der Waals surface area contributed by atoms with E-state index in [9.17, 15) is 13.5 Å². The summed E-state index contributed by atoms with van der Waals surface area (Å²) in [5, 5.41) is 13.0. The van der Waals surface area contributed by atoms with E-state index >= 15 is 0 Å². The molecule has 1 N–H and O–H groups in total. The minimum atomic E-state index is -0.319. The largest absolute Gasteiger partial charge is 0.350 e. The summed E-state index contributed by atoms with van der Waals surface area (Å²) in [6.07, 6.45) is 5.44. The molecule has 4 aromatic rings. The number of fused-ring (bicyclic) bond motifs is 2. The van der Waals surface area contributed by atoms with Gasteiger partial charge in [-0.25, -0.2) is 13.9 Å². The van der Waals surface area contributed by atoms with E-state index in [1.54, 1.807) is 17.3 Å². The van der Waals surface area contributed by atoms with Gasteiger partial charge in [0.2, 0.25) is 6.41 Å². The van der Waals surface area contributed by atoms with Gasteiger partial charge in [-0.2, -0.15) is 5.26 Å². The van der Waals surface area contributed by atoms with Crippen LogP contribution in [0.1, 0.15) is 24.2 Å².